The zero-order valence-electron chi connectivity index (χ0n) is 11.2. The minimum atomic E-state index is -3.28. The molecule has 0 bridgehead atoms. The molecule has 0 amide bonds. The highest BCUT2D eigenvalue weighted by atomic mass is 35.5. The number of aliphatic hydroxyl groups excluding tert-OH is 1. The molecule has 0 aliphatic heterocycles. The number of hydrogen-bond donors (Lipinski definition) is 2. The smallest absolute Gasteiger partial charge is 0.175 e. The largest absolute Gasteiger partial charge is 0.393 e. The molecular weight excluding hydrogens is 286 g/mol. The predicted octanol–water partition coefficient (Wildman–Crippen LogP) is 1.99. The highest BCUT2D eigenvalue weighted by Crippen LogP contribution is 2.23. The summed E-state index contributed by atoms with van der Waals surface area (Å²) in [5, 5.41) is 12.7. The van der Waals surface area contributed by atoms with Gasteiger partial charge in [-0.05, 0) is 38.4 Å². The second-order valence-electron chi connectivity index (χ2n) is 4.66. The average molecular weight is 306 g/mol. The molecule has 0 aliphatic carbocycles. The van der Waals surface area contributed by atoms with Crippen LogP contribution in [-0.2, 0) is 16.4 Å². The standard InChI is InChI=1S/C13H20ClNO3S/c1-10(16)5-4-8-15-9-11-12(14)6-3-7-13(11)19(2,17)18/h3,6-7,10,15-16H,4-5,8-9H2,1-2H3. The number of halogens is 1. The third-order valence-electron chi connectivity index (χ3n) is 2.75. The van der Waals surface area contributed by atoms with Gasteiger partial charge >= 0.3 is 0 Å². The Labute approximate surface area is 119 Å². The number of nitrogens with one attached hydrogen (secondary N) is 1. The molecule has 6 heteroatoms. The van der Waals surface area contributed by atoms with Crippen molar-refractivity contribution in [3.8, 4) is 0 Å². The van der Waals surface area contributed by atoms with Crippen LogP contribution in [0, 0.1) is 0 Å². The van der Waals surface area contributed by atoms with Gasteiger partial charge in [0.25, 0.3) is 0 Å². The van der Waals surface area contributed by atoms with Crippen LogP contribution in [0.3, 0.4) is 0 Å². The predicted molar refractivity (Wildman–Crippen MR) is 77.2 cm³/mol. The van der Waals surface area contributed by atoms with Crippen LogP contribution >= 0.6 is 11.6 Å². The van der Waals surface area contributed by atoms with Crippen LogP contribution in [0.15, 0.2) is 23.1 Å². The van der Waals surface area contributed by atoms with Gasteiger partial charge in [-0.25, -0.2) is 8.42 Å². The van der Waals surface area contributed by atoms with E-state index < -0.39 is 9.84 Å². The van der Waals surface area contributed by atoms with Crippen molar-refractivity contribution in [2.75, 3.05) is 12.8 Å². The summed E-state index contributed by atoms with van der Waals surface area (Å²) in [4.78, 5) is 0.267. The first-order chi connectivity index (χ1) is 8.82. The summed E-state index contributed by atoms with van der Waals surface area (Å²) >= 11 is 6.05. The highest BCUT2D eigenvalue weighted by molar-refractivity contribution is 7.90. The first kappa shape index (κ1) is 16.4. The average Bonchev–Trinajstić information content (AvgIpc) is 2.28. The van der Waals surface area contributed by atoms with Crippen LogP contribution < -0.4 is 5.32 Å². The van der Waals surface area contributed by atoms with Crippen molar-refractivity contribution < 1.29 is 13.5 Å². The number of benzene rings is 1. The topological polar surface area (TPSA) is 66.4 Å². The van der Waals surface area contributed by atoms with Crippen LogP contribution in [0.2, 0.25) is 5.02 Å². The lowest BCUT2D eigenvalue weighted by atomic mass is 10.2. The summed E-state index contributed by atoms with van der Waals surface area (Å²) in [6.07, 6.45) is 2.41. The molecule has 0 aliphatic rings. The van der Waals surface area contributed by atoms with Gasteiger partial charge < -0.3 is 10.4 Å². The van der Waals surface area contributed by atoms with E-state index in [9.17, 15) is 8.42 Å². The molecule has 1 unspecified atom stereocenters. The summed E-state index contributed by atoms with van der Waals surface area (Å²) in [6, 6.07) is 4.88. The first-order valence-electron chi connectivity index (χ1n) is 6.18. The quantitative estimate of drug-likeness (QED) is 0.756. The number of sulfone groups is 1. The minimum Gasteiger partial charge on any atom is -0.393 e. The van der Waals surface area contributed by atoms with E-state index in [1.54, 1.807) is 25.1 Å². The molecule has 0 saturated heterocycles. The van der Waals surface area contributed by atoms with E-state index in [1.807, 2.05) is 0 Å². The number of rotatable bonds is 7. The Morgan fingerprint density at radius 1 is 1.42 bits per heavy atom. The highest BCUT2D eigenvalue weighted by Gasteiger charge is 2.15. The van der Waals surface area contributed by atoms with Gasteiger partial charge in [-0.2, -0.15) is 0 Å². The molecule has 1 atom stereocenters. The summed E-state index contributed by atoms with van der Waals surface area (Å²) in [7, 11) is -3.28. The van der Waals surface area contributed by atoms with Crippen LogP contribution in [-0.4, -0.2) is 32.4 Å². The molecule has 0 spiro atoms. The molecule has 0 radical (unpaired) electrons. The van der Waals surface area contributed by atoms with E-state index >= 15 is 0 Å². The van der Waals surface area contributed by atoms with Gasteiger partial charge in [0.15, 0.2) is 9.84 Å². The Hall–Kier alpha value is -0.620. The zero-order chi connectivity index (χ0) is 14.5. The normalized spacial score (nSPS) is 13.5. The Bertz CT molecular complexity index is 515. The molecular formula is C13H20ClNO3S. The van der Waals surface area contributed by atoms with Crippen LogP contribution in [0.4, 0.5) is 0 Å². The van der Waals surface area contributed by atoms with E-state index in [-0.39, 0.29) is 11.0 Å². The molecule has 0 heterocycles. The van der Waals surface area contributed by atoms with Crippen molar-refractivity contribution >= 4 is 21.4 Å². The second-order valence-corrected chi connectivity index (χ2v) is 7.05. The maximum atomic E-state index is 11.7. The molecule has 0 fully saturated rings. The van der Waals surface area contributed by atoms with E-state index in [4.69, 9.17) is 16.7 Å². The third-order valence-corrected chi connectivity index (χ3v) is 4.29. The van der Waals surface area contributed by atoms with Gasteiger partial charge in [-0.3, -0.25) is 0 Å². The fourth-order valence-corrected chi connectivity index (χ4v) is 3.05. The Morgan fingerprint density at radius 2 is 2.11 bits per heavy atom. The molecule has 1 aromatic carbocycles. The van der Waals surface area contributed by atoms with Gasteiger partial charge in [0, 0.05) is 23.4 Å². The molecule has 108 valence electrons. The van der Waals surface area contributed by atoms with Gasteiger partial charge in [-0.15, -0.1) is 0 Å². The van der Waals surface area contributed by atoms with Crippen molar-refractivity contribution in [1.29, 1.82) is 0 Å². The lowest BCUT2D eigenvalue weighted by Crippen LogP contribution is -2.18. The Kier molecular flexibility index (Phi) is 6.26. The third kappa shape index (κ3) is 5.48. The monoisotopic (exact) mass is 305 g/mol. The lowest BCUT2D eigenvalue weighted by Gasteiger charge is -2.11. The maximum Gasteiger partial charge on any atom is 0.175 e. The van der Waals surface area contributed by atoms with Crippen molar-refractivity contribution in [1.82, 2.24) is 5.32 Å². The summed E-state index contributed by atoms with van der Waals surface area (Å²) in [5.74, 6) is 0. The Balaban J connectivity index is 2.68. The number of aliphatic hydroxyl groups is 1. The summed E-state index contributed by atoms with van der Waals surface area (Å²) in [5.41, 5.74) is 0.601. The van der Waals surface area contributed by atoms with Crippen molar-refractivity contribution in [2.24, 2.45) is 0 Å². The lowest BCUT2D eigenvalue weighted by molar-refractivity contribution is 0.181. The molecule has 4 nitrogen and oxygen atoms in total. The van der Waals surface area contributed by atoms with Crippen LogP contribution in [0.1, 0.15) is 25.3 Å². The molecule has 19 heavy (non-hydrogen) atoms. The van der Waals surface area contributed by atoms with Gasteiger partial charge in [0.2, 0.25) is 0 Å². The van der Waals surface area contributed by atoms with Crippen LogP contribution in [0.5, 0.6) is 0 Å². The van der Waals surface area contributed by atoms with E-state index in [1.165, 1.54) is 6.26 Å². The van der Waals surface area contributed by atoms with E-state index in [0.29, 0.717) is 30.1 Å². The van der Waals surface area contributed by atoms with Crippen LogP contribution in [0.25, 0.3) is 0 Å². The second kappa shape index (κ2) is 7.24. The zero-order valence-corrected chi connectivity index (χ0v) is 12.8. The first-order valence-corrected chi connectivity index (χ1v) is 8.45. The van der Waals surface area contributed by atoms with E-state index in [2.05, 4.69) is 5.32 Å². The van der Waals surface area contributed by atoms with E-state index in [0.717, 1.165) is 6.42 Å². The van der Waals surface area contributed by atoms with Gasteiger partial charge in [0.1, 0.15) is 0 Å². The molecule has 0 saturated carbocycles. The van der Waals surface area contributed by atoms with Crippen molar-refractivity contribution in [3.63, 3.8) is 0 Å². The molecule has 0 aromatic heterocycles. The maximum absolute atomic E-state index is 11.7. The molecule has 2 N–H and O–H groups in total. The molecule has 1 aromatic rings. The SMILES string of the molecule is CC(O)CCCNCc1c(Cl)cccc1S(C)(=O)=O. The van der Waals surface area contributed by atoms with Gasteiger partial charge in [0.05, 0.1) is 11.0 Å². The van der Waals surface area contributed by atoms with Gasteiger partial charge in [-0.1, -0.05) is 17.7 Å². The number of hydrogen-bond acceptors (Lipinski definition) is 4. The summed E-state index contributed by atoms with van der Waals surface area (Å²) in [6.45, 7) is 2.86. The summed E-state index contributed by atoms with van der Waals surface area (Å²) < 4.78 is 23.3. The van der Waals surface area contributed by atoms with Crippen molar-refractivity contribution in [2.45, 2.75) is 37.3 Å². The fraction of sp³-hybridized carbons (Fsp3) is 0.538. The fourth-order valence-electron chi connectivity index (χ4n) is 1.79. The molecule has 1 rings (SSSR count). The minimum absolute atomic E-state index is 0.267. The Morgan fingerprint density at radius 3 is 2.68 bits per heavy atom. The van der Waals surface area contributed by atoms with Crippen molar-refractivity contribution in [3.05, 3.63) is 28.8 Å².